The van der Waals surface area contributed by atoms with E-state index in [0.717, 1.165) is 20.7 Å². The smallest absolute Gasteiger partial charge is 0.154 e. The molecule has 6 heteroatoms. The fourth-order valence-corrected chi connectivity index (χ4v) is 3.11. The molecule has 3 aromatic rings. The topological polar surface area (TPSA) is 43.7 Å². The first-order valence-corrected chi connectivity index (χ1v) is 7.76. The summed E-state index contributed by atoms with van der Waals surface area (Å²) in [7, 11) is 1.54. The zero-order valence-electron chi connectivity index (χ0n) is 12.0. The van der Waals surface area contributed by atoms with Crippen molar-refractivity contribution in [1.29, 1.82) is 0 Å². The summed E-state index contributed by atoms with van der Waals surface area (Å²) in [6, 6.07) is 9.26. The van der Waals surface area contributed by atoms with Gasteiger partial charge in [0.25, 0.3) is 0 Å². The van der Waals surface area contributed by atoms with Crippen LogP contribution in [0.1, 0.15) is 11.8 Å². The lowest BCUT2D eigenvalue weighted by atomic mass is 10.2. The number of aromatic nitrogens is 1. The molecular formula is C16H13ClN2O2S. The maximum Gasteiger partial charge on any atom is 0.154 e. The summed E-state index contributed by atoms with van der Waals surface area (Å²) in [5.41, 5.74) is 0.821. The van der Waals surface area contributed by atoms with Gasteiger partial charge in [0.1, 0.15) is 12.9 Å². The van der Waals surface area contributed by atoms with E-state index in [9.17, 15) is 0 Å². The van der Waals surface area contributed by atoms with Crippen LogP contribution in [0.15, 0.2) is 47.9 Å². The fourth-order valence-electron chi connectivity index (χ4n) is 2.01. The Balaban J connectivity index is 1.99. The van der Waals surface area contributed by atoms with Crippen molar-refractivity contribution in [3.05, 3.63) is 52.6 Å². The van der Waals surface area contributed by atoms with E-state index in [2.05, 4.69) is 10.1 Å². The Kier molecular flexibility index (Phi) is 4.27. The molecule has 22 heavy (non-hydrogen) atoms. The highest BCUT2D eigenvalue weighted by Crippen LogP contribution is 2.34. The first-order valence-electron chi connectivity index (χ1n) is 6.56. The summed E-state index contributed by atoms with van der Waals surface area (Å²) in [6.07, 6.45) is 3.52. The average Bonchev–Trinajstić information content (AvgIpc) is 2.95. The van der Waals surface area contributed by atoms with Gasteiger partial charge in [-0.15, -0.1) is 11.3 Å². The number of hydrogen-bond acceptors (Lipinski definition) is 5. The third-order valence-corrected chi connectivity index (χ3v) is 4.47. The molecule has 0 bridgehead atoms. The van der Waals surface area contributed by atoms with Gasteiger partial charge in [-0.2, -0.15) is 0 Å². The number of halogens is 1. The Hall–Kier alpha value is -2.11. The predicted octanol–water partition coefficient (Wildman–Crippen LogP) is 5.11. The Morgan fingerprint density at radius 2 is 2.00 bits per heavy atom. The molecule has 4 nitrogen and oxygen atoms in total. The molecule has 3 rings (SSSR count). The van der Waals surface area contributed by atoms with Crippen LogP contribution >= 0.6 is 22.9 Å². The zero-order chi connectivity index (χ0) is 15.5. The van der Waals surface area contributed by atoms with E-state index in [1.807, 2.05) is 31.3 Å². The van der Waals surface area contributed by atoms with Gasteiger partial charge in [-0.05, 0) is 37.3 Å². The predicted molar refractivity (Wildman–Crippen MR) is 90.4 cm³/mol. The van der Waals surface area contributed by atoms with Crippen LogP contribution in [0.3, 0.4) is 0 Å². The second-order valence-electron chi connectivity index (χ2n) is 4.58. The molecule has 0 fully saturated rings. The zero-order valence-corrected chi connectivity index (χ0v) is 13.6. The summed E-state index contributed by atoms with van der Waals surface area (Å²) in [5.74, 6) is 1.42. The van der Waals surface area contributed by atoms with Crippen molar-refractivity contribution in [3.8, 4) is 11.5 Å². The SMILES string of the molecule is CON=C(C)c1cc2c(Oc3ccc(Cl)cc3)cncc2s1. The standard InChI is InChI=1S/C16H13ClN2O2S/c1-10(19-20-2)15-7-13-14(8-18-9-16(13)22-15)21-12-5-3-11(17)4-6-12/h3-9H,1-2H3. The third-order valence-electron chi connectivity index (χ3n) is 3.04. The molecule has 0 N–H and O–H groups in total. The van der Waals surface area contributed by atoms with E-state index >= 15 is 0 Å². The van der Waals surface area contributed by atoms with Gasteiger partial charge < -0.3 is 9.57 Å². The largest absolute Gasteiger partial charge is 0.455 e. The molecular weight excluding hydrogens is 320 g/mol. The quantitative estimate of drug-likeness (QED) is 0.492. The number of fused-ring (bicyclic) bond motifs is 1. The number of hydrogen-bond donors (Lipinski definition) is 0. The molecule has 2 heterocycles. The van der Waals surface area contributed by atoms with Crippen molar-refractivity contribution in [2.75, 3.05) is 7.11 Å². The van der Waals surface area contributed by atoms with Gasteiger partial charge in [-0.25, -0.2) is 0 Å². The summed E-state index contributed by atoms with van der Waals surface area (Å²) in [4.78, 5) is 10.1. The minimum Gasteiger partial charge on any atom is -0.455 e. The molecule has 0 saturated carbocycles. The number of ether oxygens (including phenoxy) is 1. The van der Waals surface area contributed by atoms with Crippen LogP contribution in [0.4, 0.5) is 0 Å². The van der Waals surface area contributed by atoms with Gasteiger partial charge in [-0.1, -0.05) is 16.8 Å². The van der Waals surface area contributed by atoms with Crippen LogP contribution in [0, 0.1) is 0 Å². The molecule has 0 aliphatic rings. The van der Waals surface area contributed by atoms with Gasteiger partial charge in [0.05, 0.1) is 21.5 Å². The van der Waals surface area contributed by atoms with Crippen LogP contribution < -0.4 is 4.74 Å². The normalized spacial score (nSPS) is 11.7. The minimum atomic E-state index is 0.674. The number of thiophene rings is 1. The van der Waals surface area contributed by atoms with Gasteiger partial charge in [0, 0.05) is 16.6 Å². The van der Waals surface area contributed by atoms with Crippen molar-refractivity contribution >= 4 is 38.7 Å². The van der Waals surface area contributed by atoms with Crippen LogP contribution in [-0.2, 0) is 4.84 Å². The molecule has 2 aromatic heterocycles. The molecule has 0 amide bonds. The molecule has 1 aromatic carbocycles. The van der Waals surface area contributed by atoms with E-state index < -0.39 is 0 Å². The minimum absolute atomic E-state index is 0.674. The number of nitrogens with zero attached hydrogens (tertiary/aromatic N) is 2. The van der Waals surface area contributed by atoms with E-state index in [1.165, 1.54) is 7.11 Å². The van der Waals surface area contributed by atoms with E-state index in [-0.39, 0.29) is 0 Å². The molecule has 0 unspecified atom stereocenters. The molecule has 0 saturated heterocycles. The van der Waals surface area contributed by atoms with Crippen molar-refractivity contribution in [1.82, 2.24) is 4.98 Å². The molecule has 0 aliphatic heterocycles. The third kappa shape index (κ3) is 3.05. The van der Waals surface area contributed by atoms with E-state index in [4.69, 9.17) is 21.2 Å². The molecule has 0 aliphatic carbocycles. The number of rotatable bonds is 4. The van der Waals surface area contributed by atoms with Crippen molar-refractivity contribution in [2.24, 2.45) is 5.16 Å². The van der Waals surface area contributed by atoms with Crippen LogP contribution in [0.2, 0.25) is 5.02 Å². The molecule has 112 valence electrons. The monoisotopic (exact) mass is 332 g/mol. The Morgan fingerprint density at radius 3 is 2.73 bits per heavy atom. The van der Waals surface area contributed by atoms with Gasteiger partial charge >= 0.3 is 0 Å². The average molecular weight is 333 g/mol. The van der Waals surface area contributed by atoms with Crippen LogP contribution in [-0.4, -0.2) is 17.8 Å². The first kappa shape index (κ1) is 14.8. The maximum absolute atomic E-state index is 5.91. The Morgan fingerprint density at radius 1 is 1.23 bits per heavy atom. The highest BCUT2D eigenvalue weighted by molar-refractivity contribution is 7.20. The van der Waals surface area contributed by atoms with Crippen LogP contribution in [0.25, 0.3) is 10.1 Å². The maximum atomic E-state index is 5.91. The lowest BCUT2D eigenvalue weighted by molar-refractivity contribution is 0.213. The number of pyridine rings is 1. The number of benzene rings is 1. The summed E-state index contributed by atoms with van der Waals surface area (Å²) < 4.78 is 6.95. The summed E-state index contributed by atoms with van der Waals surface area (Å²) in [5, 5.41) is 5.63. The van der Waals surface area contributed by atoms with Gasteiger partial charge in [0.2, 0.25) is 0 Å². The lowest BCUT2D eigenvalue weighted by Gasteiger charge is -2.06. The highest BCUT2D eigenvalue weighted by Gasteiger charge is 2.11. The molecule has 0 radical (unpaired) electrons. The van der Waals surface area contributed by atoms with E-state index in [1.54, 1.807) is 29.7 Å². The summed E-state index contributed by atoms with van der Waals surface area (Å²) in [6.45, 7) is 1.90. The van der Waals surface area contributed by atoms with E-state index in [0.29, 0.717) is 16.5 Å². The van der Waals surface area contributed by atoms with Gasteiger partial charge in [-0.3, -0.25) is 4.98 Å². The van der Waals surface area contributed by atoms with Crippen molar-refractivity contribution in [3.63, 3.8) is 0 Å². The first-order chi connectivity index (χ1) is 10.7. The van der Waals surface area contributed by atoms with Crippen molar-refractivity contribution < 1.29 is 9.57 Å². The highest BCUT2D eigenvalue weighted by atomic mass is 35.5. The number of oxime groups is 1. The molecule has 0 spiro atoms. The lowest BCUT2D eigenvalue weighted by Crippen LogP contribution is -1.90. The fraction of sp³-hybridized carbons (Fsp3) is 0.125. The Labute approximate surface area is 137 Å². The second-order valence-corrected chi connectivity index (χ2v) is 6.10. The van der Waals surface area contributed by atoms with Gasteiger partial charge in [0.15, 0.2) is 5.75 Å². The van der Waals surface area contributed by atoms with Crippen LogP contribution in [0.5, 0.6) is 11.5 Å². The second kappa shape index (κ2) is 6.34. The Bertz CT molecular complexity index is 828. The molecule has 0 atom stereocenters. The van der Waals surface area contributed by atoms with Crippen molar-refractivity contribution in [2.45, 2.75) is 6.92 Å². The summed E-state index contributed by atoms with van der Waals surface area (Å²) >= 11 is 7.48.